The Morgan fingerprint density at radius 1 is 0.912 bits per heavy atom. The zero-order valence-electron chi connectivity index (χ0n) is 19.5. The Hall–Kier alpha value is -3.58. The van der Waals surface area contributed by atoms with Crippen LogP contribution in [0.1, 0.15) is 24.8 Å². The number of carbonyl (C=O) groups is 2. The van der Waals surface area contributed by atoms with E-state index in [-0.39, 0.29) is 23.7 Å². The first kappa shape index (κ1) is 22.2. The summed E-state index contributed by atoms with van der Waals surface area (Å²) in [6.07, 6.45) is 4.27. The van der Waals surface area contributed by atoms with E-state index < -0.39 is 0 Å². The van der Waals surface area contributed by atoms with Crippen molar-refractivity contribution < 1.29 is 9.59 Å². The van der Waals surface area contributed by atoms with Crippen molar-refractivity contribution in [3.05, 3.63) is 60.4 Å². The molecule has 1 aliphatic carbocycles. The monoisotopic (exact) mass is 455 g/mol. The Morgan fingerprint density at radius 3 is 2.47 bits per heavy atom. The van der Waals surface area contributed by atoms with Gasteiger partial charge in [-0.25, -0.2) is 9.97 Å². The van der Waals surface area contributed by atoms with E-state index in [0.717, 1.165) is 66.0 Å². The minimum atomic E-state index is 0.0251. The number of carbonyl (C=O) groups excluding carboxylic acids is 2. The van der Waals surface area contributed by atoms with E-state index >= 15 is 0 Å². The van der Waals surface area contributed by atoms with E-state index in [0.29, 0.717) is 5.82 Å². The highest BCUT2D eigenvalue weighted by atomic mass is 16.2. The van der Waals surface area contributed by atoms with E-state index in [1.807, 2.05) is 43.4 Å². The van der Waals surface area contributed by atoms with Gasteiger partial charge in [0.1, 0.15) is 12.1 Å². The lowest BCUT2D eigenvalue weighted by Crippen LogP contribution is -2.25. The zero-order chi connectivity index (χ0) is 23.7. The highest BCUT2D eigenvalue weighted by Crippen LogP contribution is 2.32. The number of amides is 2. The van der Waals surface area contributed by atoms with E-state index in [1.54, 1.807) is 0 Å². The Morgan fingerprint density at radius 2 is 1.71 bits per heavy atom. The lowest BCUT2D eigenvalue weighted by Gasteiger charge is -2.14. The summed E-state index contributed by atoms with van der Waals surface area (Å²) in [5.41, 5.74) is 5.70. The van der Waals surface area contributed by atoms with Gasteiger partial charge in [0.25, 0.3) is 0 Å². The molecule has 3 aromatic rings. The van der Waals surface area contributed by atoms with Gasteiger partial charge in [-0.2, -0.15) is 0 Å². The molecule has 1 saturated heterocycles. The molecular weight excluding hydrogens is 426 g/mol. The molecule has 0 bridgehead atoms. The Balaban J connectivity index is 1.37. The van der Waals surface area contributed by atoms with Crippen molar-refractivity contribution >= 4 is 23.3 Å². The lowest BCUT2D eigenvalue weighted by atomic mass is 9.97. The SMILES string of the molecule is Cc1ccc(NC(=O)C2CCN(C)C2)cc1-c1cccc(-c2cc(NC(=O)C3CC3)ncn2)c1. The smallest absolute Gasteiger partial charge is 0.228 e. The summed E-state index contributed by atoms with van der Waals surface area (Å²) in [6.45, 7) is 3.82. The van der Waals surface area contributed by atoms with Crippen LogP contribution in [0.15, 0.2) is 54.9 Å². The third kappa shape index (κ3) is 4.99. The molecule has 7 nitrogen and oxygen atoms in total. The number of benzene rings is 2. The van der Waals surface area contributed by atoms with Crippen molar-refractivity contribution in [1.82, 2.24) is 14.9 Å². The van der Waals surface area contributed by atoms with Crippen molar-refractivity contribution in [1.29, 1.82) is 0 Å². The van der Waals surface area contributed by atoms with Gasteiger partial charge >= 0.3 is 0 Å². The van der Waals surface area contributed by atoms with E-state index in [9.17, 15) is 9.59 Å². The molecule has 1 aromatic heterocycles. The second-order valence-electron chi connectivity index (χ2n) is 9.40. The van der Waals surface area contributed by atoms with Crippen molar-refractivity contribution in [2.75, 3.05) is 30.8 Å². The fourth-order valence-corrected chi connectivity index (χ4v) is 4.41. The van der Waals surface area contributed by atoms with Gasteiger partial charge in [-0.15, -0.1) is 0 Å². The number of nitrogens with one attached hydrogen (secondary N) is 2. The van der Waals surface area contributed by atoms with Crippen LogP contribution in [0.3, 0.4) is 0 Å². The predicted molar refractivity (Wildman–Crippen MR) is 133 cm³/mol. The Kier molecular flexibility index (Phi) is 6.11. The van der Waals surface area contributed by atoms with Crippen LogP contribution in [0, 0.1) is 18.8 Å². The van der Waals surface area contributed by atoms with Crippen LogP contribution in [-0.2, 0) is 9.59 Å². The molecule has 0 radical (unpaired) electrons. The summed E-state index contributed by atoms with van der Waals surface area (Å²) in [7, 11) is 2.05. The Labute approximate surface area is 199 Å². The number of aryl methyl sites for hydroxylation is 1. The standard InChI is InChI=1S/C27H29N5O2/c1-17-6-9-22(30-27(34)21-10-11-32(2)15-21)13-23(17)19-4-3-5-20(12-19)24-14-25(29-16-28-24)31-26(33)18-7-8-18/h3-6,9,12-14,16,18,21H,7-8,10-11,15H2,1-2H3,(H,30,34)(H,28,29,31,33). The summed E-state index contributed by atoms with van der Waals surface area (Å²) in [4.78, 5) is 35.6. The lowest BCUT2D eigenvalue weighted by molar-refractivity contribution is -0.119. The number of rotatable bonds is 6. The minimum Gasteiger partial charge on any atom is -0.326 e. The first-order chi connectivity index (χ1) is 16.5. The first-order valence-electron chi connectivity index (χ1n) is 11.8. The fraction of sp³-hybridized carbons (Fsp3) is 0.333. The third-order valence-electron chi connectivity index (χ3n) is 6.60. The molecule has 174 valence electrons. The van der Waals surface area contributed by atoms with E-state index in [4.69, 9.17) is 0 Å². The second kappa shape index (κ2) is 9.35. The molecule has 2 aliphatic rings. The molecule has 2 aromatic carbocycles. The molecule has 1 saturated carbocycles. The molecule has 2 heterocycles. The van der Waals surface area contributed by atoms with Crippen LogP contribution in [0.4, 0.5) is 11.5 Å². The van der Waals surface area contributed by atoms with Gasteiger partial charge < -0.3 is 15.5 Å². The topological polar surface area (TPSA) is 87.2 Å². The number of anilines is 2. The number of hydrogen-bond acceptors (Lipinski definition) is 5. The quantitative estimate of drug-likeness (QED) is 0.577. The number of nitrogens with zero attached hydrogens (tertiary/aromatic N) is 3. The maximum Gasteiger partial charge on any atom is 0.228 e. The molecule has 7 heteroatoms. The molecule has 2 amide bonds. The fourth-order valence-electron chi connectivity index (χ4n) is 4.41. The van der Waals surface area contributed by atoms with Gasteiger partial charge in [0.15, 0.2) is 0 Å². The number of hydrogen-bond donors (Lipinski definition) is 2. The van der Waals surface area contributed by atoms with Crippen molar-refractivity contribution in [2.45, 2.75) is 26.2 Å². The van der Waals surface area contributed by atoms with Gasteiger partial charge in [0.05, 0.1) is 11.6 Å². The van der Waals surface area contributed by atoms with Crippen LogP contribution >= 0.6 is 0 Å². The minimum absolute atomic E-state index is 0.0251. The van der Waals surface area contributed by atoms with Gasteiger partial charge in [-0.3, -0.25) is 9.59 Å². The summed E-state index contributed by atoms with van der Waals surface area (Å²) in [6, 6.07) is 16.0. The number of likely N-dealkylation sites (tertiary alicyclic amines) is 1. The van der Waals surface area contributed by atoms with Gasteiger partial charge in [-0.1, -0.05) is 24.3 Å². The molecule has 5 rings (SSSR count). The first-order valence-corrected chi connectivity index (χ1v) is 11.8. The average Bonchev–Trinajstić information content (AvgIpc) is 3.61. The molecular formula is C27H29N5O2. The zero-order valence-corrected chi connectivity index (χ0v) is 19.5. The van der Waals surface area contributed by atoms with Gasteiger partial charge in [0.2, 0.25) is 11.8 Å². The molecule has 1 atom stereocenters. The highest BCUT2D eigenvalue weighted by Gasteiger charge is 2.30. The molecule has 1 aliphatic heterocycles. The van der Waals surface area contributed by atoms with Crippen LogP contribution in [0.25, 0.3) is 22.4 Å². The summed E-state index contributed by atoms with van der Waals surface area (Å²) in [5.74, 6) is 0.773. The number of aromatic nitrogens is 2. The van der Waals surface area contributed by atoms with E-state index in [2.05, 4.69) is 44.6 Å². The second-order valence-corrected chi connectivity index (χ2v) is 9.40. The van der Waals surface area contributed by atoms with Crippen LogP contribution in [0.2, 0.25) is 0 Å². The molecule has 1 unspecified atom stereocenters. The predicted octanol–water partition coefficient (Wildman–Crippen LogP) is 4.36. The highest BCUT2D eigenvalue weighted by molar-refractivity contribution is 5.94. The normalized spacial score (nSPS) is 18.0. The van der Waals surface area contributed by atoms with Crippen molar-refractivity contribution in [3.8, 4) is 22.4 Å². The summed E-state index contributed by atoms with van der Waals surface area (Å²) < 4.78 is 0. The van der Waals surface area contributed by atoms with Crippen LogP contribution in [-0.4, -0.2) is 46.8 Å². The Bertz CT molecular complexity index is 1240. The van der Waals surface area contributed by atoms with E-state index in [1.165, 1.54) is 6.33 Å². The van der Waals surface area contributed by atoms with Gasteiger partial charge in [-0.05, 0) is 74.7 Å². The maximum atomic E-state index is 12.7. The summed E-state index contributed by atoms with van der Waals surface area (Å²) in [5, 5.41) is 5.99. The van der Waals surface area contributed by atoms with Crippen molar-refractivity contribution in [3.63, 3.8) is 0 Å². The molecule has 2 N–H and O–H groups in total. The third-order valence-corrected chi connectivity index (χ3v) is 6.60. The molecule has 0 spiro atoms. The average molecular weight is 456 g/mol. The van der Waals surface area contributed by atoms with Crippen LogP contribution < -0.4 is 10.6 Å². The molecule has 2 fully saturated rings. The van der Waals surface area contributed by atoms with Gasteiger partial charge in [0, 0.05) is 29.8 Å². The summed E-state index contributed by atoms with van der Waals surface area (Å²) >= 11 is 0. The largest absolute Gasteiger partial charge is 0.326 e. The maximum absolute atomic E-state index is 12.7. The van der Waals surface area contributed by atoms with Crippen molar-refractivity contribution in [2.24, 2.45) is 11.8 Å². The molecule has 34 heavy (non-hydrogen) atoms. The van der Waals surface area contributed by atoms with Crippen LogP contribution in [0.5, 0.6) is 0 Å².